The number of carbonyl (C=O) groups is 1. The Hall–Kier alpha value is -1.06. The molecule has 1 N–H and O–H groups in total. The highest BCUT2D eigenvalue weighted by Gasteiger charge is 2.45. The van der Waals surface area contributed by atoms with Crippen LogP contribution in [0.4, 0.5) is 0 Å². The fourth-order valence-corrected chi connectivity index (χ4v) is 2.67. The van der Waals surface area contributed by atoms with Crippen LogP contribution in [0, 0.1) is 6.92 Å². The lowest BCUT2D eigenvalue weighted by molar-refractivity contribution is 0.0918. The second-order valence-electron chi connectivity index (χ2n) is 5.68. The van der Waals surface area contributed by atoms with E-state index in [0.29, 0.717) is 10.6 Å². The summed E-state index contributed by atoms with van der Waals surface area (Å²) in [7, 11) is 0. The van der Waals surface area contributed by atoms with E-state index in [9.17, 15) is 4.79 Å². The van der Waals surface area contributed by atoms with Crippen LogP contribution < -0.4 is 5.32 Å². The summed E-state index contributed by atoms with van der Waals surface area (Å²) in [5.41, 5.74) is 1.58. The lowest BCUT2D eigenvalue weighted by Crippen LogP contribution is -2.45. The number of halogens is 1. The molecule has 0 radical (unpaired) electrons. The van der Waals surface area contributed by atoms with Crippen LogP contribution in [-0.2, 0) is 0 Å². The molecule has 0 atom stereocenters. The number of nitrogens with zero attached hydrogens (tertiary/aromatic N) is 1. The summed E-state index contributed by atoms with van der Waals surface area (Å²) in [5, 5.41) is 3.71. The van der Waals surface area contributed by atoms with Crippen LogP contribution in [0.5, 0.6) is 0 Å². The third-order valence-electron chi connectivity index (χ3n) is 4.02. The van der Waals surface area contributed by atoms with Gasteiger partial charge < -0.3 is 10.2 Å². The summed E-state index contributed by atoms with van der Waals surface area (Å²) in [5.74, 6) is -0.0524. The van der Waals surface area contributed by atoms with Crippen molar-refractivity contribution in [3.05, 3.63) is 34.3 Å². The quantitative estimate of drug-likeness (QED) is 0.873. The van der Waals surface area contributed by atoms with Crippen molar-refractivity contribution in [3.8, 4) is 0 Å². The first kappa shape index (κ1) is 15.3. The van der Waals surface area contributed by atoms with Crippen molar-refractivity contribution in [2.24, 2.45) is 0 Å². The molecular formula is C16H23ClN2O. The molecule has 1 aliphatic rings. The van der Waals surface area contributed by atoms with E-state index in [0.717, 1.165) is 38.0 Å². The van der Waals surface area contributed by atoms with Crippen molar-refractivity contribution in [2.45, 2.75) is 39.2 Å². The Kier molecular flexibility index (Phi) is 4.71. The first-order valence-electron chi connectivity index (χ1n) is 7.30. The van der Waals surface area contributed by atoms with Gasteiger partial charge >= 0.3 is 0 Å². The number of rotatable bonds is 6. The first-order valence-corrected chi connectivity index (χ1v) is 7.68. The molecule has 110 valence electrons. The molecule has 4 heteroatoms. The van der Waals surface area contributed by atoms with Crippen molar-refractivity contribution < 1.29 is 4.79 Å². The van der Waals surface area contributed by atoms with E-state index in [-0.39, 0.29) is 11.4 Å². The molecule has 1 aliphatic carbocycles. The van der Waals surface area contributed by atoms with Gasteiger partial charge in [-0.1, -0.05) is 37.1 Å². The third kappa shape index (κ3) is 3.53. The topological polar surface area (TPSA) is 32.3 Å². The molecule has 1 fully saturated rings. The maximum atomic E-state index is 12.4. The van der Waals surface area contributed by atoms with Gasteiger partial charge in [0.05, 0.1) is 16.1 Å². The van der Waals surface area contributed by atoms with E-state index in [1.165, 1.54) is 0 Å². The maximum Gasteiger partial charge on any atom is 0.253 e. The molecule has 0 saturated heterocycles. The molecule has 1 aromatic rings. The third-order valence-corrected chi connectivity index (χ3v) is 4.35. The minimum atomic E-state index is -0.0524. The summed E-state index contributed by atoms with van der Waals surface area (Å²) in [6.45, 7) is 9.22. The van der Waals surface area contributed by atoms with Gasteiger partial charge in [0.25, 0.3) is 5.91 Å². The second-order valence-corrected chi connectivity index (χ2v) is 6.09. The molecule has 3 nitrogen and oxygen atoms in total. The zero-order chi connectivity index (χ0) is 14.8. The number of amides is 1. The van der Waals surface area contributed by atoms with E-state index in [1.807, 2.05) is 19.1 Å². The van der Waals surface area contributed by atoms with Gasteiger partial charge in [-0.15, -0.1) is 0 Å². The van der Waals surface area contributed by atoms with Crippen molar-refractivity contribution in [3.63, 3.8) is 0 Å². The van der Waals surface area contributed by atoms with Crippen LogP contribution in [-0.4, -0.2) is 36.0 Å². The average Bonchev–Trinajstić information content (AvgIpc) is 3.18. The molecule has 0 aromatic heterocycles. The highest BCUT2D eigenvalue weighted by atomic mass is 35.5. The van der Waals surface area contributed by atoms with E-state index >= 15 is 0 Å². The molecule has 1 amide bonds. The first-order chi connectivity index (χ1) is 9.49. The summed E-state index contributed by atoms with van der Waals surface area (Å²) >= 11 is 6.13. The van der Waals surface area contributed by atoms with Gasteiger partial charge in [0.1, 0.15) is 0 Å². The second kappa shape index (κ2) is 6.15. The fraction of sp³-hybridized carbons (Fsp3) is 0.562. The Balaban J connectivity index is 2.06. The van der Waals surface area contributed by atoms with Crippen molar-refractivity contribution in [2.75, 3.05) is 19.6 Å². The molecule has 2 rings (SSSR count). The number of benzene rings is 1. The zero-order valence-electron chi connectivity index (χ0n) is 12.5. The zero-order valence-corrected chi connectivity index (χ0v) is 13.3. The summed E-state index contributed by atoms with van der Waals surface area (Å²) in [6.07, 6.45) is 2.11. The van der Waals surface area contributed by atoms with Crippen LogP contribution in [0.3, 0.4) is 0 Å². The van der Waals surface area contributed by atoms with Crippen LogP contribution in [0.2, 0.25) is 5.02 Å². The van der Waals surface area contributed by atoms with Crippen LogP contribution in [0.25, 0.3) is 0 Å². The van der Waals surface area contributed by atoms with Gasteiger partial charge in [-0.25, -0.2) is 0 Å². The number of hydrogen-bond donors (Lipinski definition) is 1. The van der Waals surface area contributed by atoms with Gasteiger partial charge in [0, 0.05) is 6.54 Å². The van der Waals surface area contributed by atoms with Crippen molar-refractivity contribution in [1.29, 1.82) is 0 Å². The molecular weight excluding hydrogens is 272 g/mol. The average molecular weight is 295 g/mol. The van der Waals surface area contributed by atoms with Gasteiger partial charge in [-0.05, 0) is 45.0 Å². The molecule has 0 bridgehead atoms. The summed E-state index contributed by atoms with van der Waals surface area (Å²) < 4.78 is 0. The number of nitrogens with one attached hydrogen (secondary N) is 1. The van der Waals surface area contributed by atoms with Gasteiger partial charge in [-0.2, -0.15) is 0 Å². The predicted molar refractivity (Wildman–Crippen MR) is 83.4 cm³/mol. The predicted octanol–water partition coefficient (Wildman–Crippen LogP) is 3.25. The Bertz CT molecular complexity index is 493. The van der Waals surface area contributed by atoms with E-state index in [4.69, 9.17) is 11.6 Å². The Labute approximate surface area is 126 Å². The van der Waals surface area contributed by atoms with Crippen LogP contribution >= 0.6 is 11.6 Å². The van der Waals surface area contributed by atoms with Crippen molar-refractivity contribution >= 4 is 17.5 Å². The SMILES string of the molecule is CCN(CC)CC1(NC(=O)c2cc(C)ccc2Cl)CC1. The van der Waals surface area contributed by atoms with E-state index in [1.54, 1.807) is 6.07 Å². The largest absolute Gasteiger partial charge is 0.345 e. The van der Waals surface area contributed by atoms with Gasteiger partial charge in [0.15, 0.2) is 0 Å². The smallest absolute Gasteiger partial charge is 0.253 e. The molecule has 1 saturated carbocycles. The molecule has 1 aromatic carbocycles. The molecule has 0 aliphatic heterocycles. The van der Waals surface area contributed by atoms with E-state index in [2.05, 4.69) is 24.1 Å². The van der Waals surface area contributed by atoms with Crippen molar-refractivity contribution in [1.82, 2.24) is 10.2 Å². The number of carbonyl (C=O) groups excluding carboxylic acids is 1. The maximum absolute atomic E-state index is 12.4. The number of likely N-dealkylation sites (N-methyl/N-ethyl adjacent to an activating group) is 1. The van der Waals surface area contributed by atoms with E-state index < -0.39 is 0 Å². The highest BCUT2D eigenvalue weighted by Crippen LogP contribution is 2.36. The Morgan fingerprint density at radius 3 is 2.55 bits per heavy atom. The Morgan fingerprint density at radius 2 is 2.00 bits per heavy atom. The highest BCUT2D eigenvalue weighted by molar-refractivity contribution is 6.33. The minimum absolute atomic E-state index is 0.0455. The van der Waals surface area contributed by atoms with Gasteiger partial charge in [0.2, 0.25) is 0 Å². The molecule has 20 heavy (non-hydrogen) atoms. The molecule has 0 unspecified atom stereocenters. The normalized spacial score (nSPS) is 16.2. The van der Waals surface area contributed by atoms with Crippen LogP contribution in [0.15, 0.2) is 18.2 Å². The lowest BCUT2D eigenvalue weighted by atomic mass is 10.1. The molecule has 0 heterocycles. The van der Waals surface area contributed by atoms with Crippen LogP contribution in [0.1, 0.15) is 42.6 Å². The minimum Gasteiger partial charge on any atom is -0.345 e. The summed E-state index contributed by atoms with van der Waals surface area (Å²) in [6, 6.07) is 5.56. The standard InChI is InChI=1S/C16H23ClN2O/c1-4-19(5-2)11-16(8-9-16)18-15(20)13-10-12(3)6-7-14(13)17/h6-7,10H,4-5,8-9,11H2,1-3H3,(H,18,20). The number of hydrogen-bond acceptors (Lipinski definition) is 2. The Morgan fingerprint density at radius 1 is 1.35 bits per heavy atom. The van der Waals surface area contributed by atoms with Gasteiger partial charge in [-0.3, -0.25) is 4.79 Å². The fourth-order valence-electron chi connectivity index (χ4n) is 2.47. The molecule has 0 spiro atoms. The monoisotopic (exact) mass is 294 g/mol. The lowest BCUT2D eigenvalue weighted by Gasteiger charge is -2.26. The summed E-state index contributed by atoms with van der Waals surface area (Å²) in [4.78, 5) is 14.8. The number of aryl methyl sites for hydroxylation is 1.